The molecule has 0 spiro atoms. The fraction of sp³-hybridized carbons (Fsp3) is 0.273. The van der Waals surface area contributed by atoms with Gasteiger partial charge in [-0.3, -0.25) is 9.78 Å². The van der Waals surface area contributed by atoms with Crippen molar-refractivity contribution in [2.75, 3.05) is 43.4 Å². The fourth-order valence-corrected chi connectivity index (χ4v) is 3.98. The average molecular weight is 429 g/mol. The van der Waals surface area contributed by atoms with Crippen molar-refractivity contribution in [2.45, 2.75) is 6.42 Å². The van der Waals surface area contributed by atoms with Gasteiger partial charge in [-0.15, -0.1) is 0 Å². The topological polar surface area (TPSA) is 48.5 Å². The number of fused-ring (bicyclic) bond motifs is 1. The molecule has 4 rings (SSSR count). The Morgan fingerprint density at radius 1 is 1.10 bits per heavy atom. The quantitative estimate of drug-likeness (QED) is 0.665. The minimum Gasteiger partial charge on any atom is -0.368 e. The van der Waals surface area contributed by atoms with Crippen LogP contribution in [0.25, 0.3) is 10.9 Å². The summed E-state index contributed by atoms with van der Waals surface area (Å²) < 4.78 is 0. The molecule has 7 heteroatoms. The number of likely N-dealkylation sites (N-methyl/N-ethyl adjacent to an activating group) is 1. The Labute approximate surface area is 180 Å². The van der Waals surface area contributed by atoms with E-state index in [1.165, 1.54) is 0 Å². The zero-order valence-corrected chi connectivity index (χ0v) is 17.7. The third-order valence-corrected chi connectivity index (χ3v) is 6.09. The molecule has 0 bridgehead atoms. The van der Waals surface area contributed by atoms with E-state index in [9.17, 15) is 4.79 Å². The van der Waals surface area contributed by atoms with Crippen LogP contribution < -0.4 is 10.2 Å². The van der Waals surface area contributed by atoms with E-state index < -0.39 is 0 Å². The normalized spacial score (nSPS) is 14.9. The van der Waals surface area contributed by atoms with Crippen molar-refractivity contribution in [1.29, 1.82) is 0 Å². The Morgan fingerprint density at radius 3 is 2.69 bits per heavy atom. The van der Waals surface area contributed by atoms with Crippen molar-refractivity contribution in [2.24, 2.45) is 0 Å². The molecule has 2 aromatic carbocycles. The number of rotatable bonds is 4. The Balaban J connectivity index is 1.56. The molecule has 1 amide bonds. The van der Waals surface area contributed by atoms with Crippen LogP contribution in [0.4, 0.5) is 11.4 Å². The Kier molecular flexibility index (Phi) is 5.90. The number of hydrogen-bond acceptors (Lipinski definition) is 4. The minimum atomic E-state index is -0.140. The summed E-state index contributed by atoms with van der Waals surface area (Å²) in [7, 11) is 2.14. The van der Waals surface area contributed by atoms with Crippen LogP contribution in [0.3, 0.4) is 0 Å². The number of halogens is 2. The van der Waals surface area contributed by atoms with Crippen molar-refractivity contribution in [3.8, 4) is 0 Å². The van der Waals surface area contributed by atoms with Gasteiger partial charge in [0.05, 0.1) is 22.0 Å². The lowest BCUT2D eigenvalue weighted by molar-refractivity contribution is -0.115. The first kappa shape index (κ1) is 20.0. The van der Waals surface area contributed by atoms with Gasteiger partial charge in [0.15, 0.2) is 0 Å². The number of anilines is 2. The molecule has 3 aromatic rings. The van der Waals surface area contributed by atoms with Crippen molar-refractivity contribution in [1.82, 2.24) is 9.88 Å². The molecule has 0 saturated carbocycles. The predicted molar refractivity (Wildman–Crippen MR) is 120 cm³/mol. The first-order chi connectivity index (χ1) is 14.0. The number of nitrogens with one attached hydrogen (secondary N) is 1. The summed E-state index contributed by atoms with van der Waals surface area (Å²) in [4.78, 5) is 21.7. The van der Waals surface area contributed by atoms with Gasteiger partial charge in [0.1, 0.15) is 0 Å². The molecule has 29 heavy (non-hydrogen) atoms. The lowest BCUT2D eigenvalue weighted by atomic mass is 10.1. The van der Waals surface area contributed by atoms with E-state index in [0.717, 1.165) is 48.5 Å². The second-order valence-corrected chi connectivity index (χ2v) is 8.08. The predicted octanol–water partition coefficient (Wildman–Crippen LogP) is 4.47. The van der Waals surface area contributed by atoms with E-state index in [1.807, 2.05) is 36.5 Å². The summed E-state index contributed by atoms with van der Waals surface area (Å²) in [6, 6.07) is 13.2. The Bertz CT molecular complexity index is 1050. The smallest absolute Gasteiger partial charge is 0.228 e. The fourth-order valence-electron chi connectivity index (χ4n) is 3.60. The molecule has 1 N–H and O–H groups in total. The largest absolute Gasteiger partial charge is 0.368 e. The maximum atomic E-state index is 12.6. The lowest BCUT2D eigenvalue weighted by Crippen LogP contribution is -2.44. The number of amides is 1. The molecule has 1 saturated heterocycles. The number of carbonyl (C=O) groups excluding carboxylic acids is 1. The van der Waals surface area contributed by atoms with Crippen LogP contribution in [0.5, 0.6) is 0 Å². The Morgan fingerprint density at radius 2 is 1.90 bits per heavy atom. The summed E-state index contributed by atoms with van der Waals surface area (Å²) >= 11 is 12.3. The summed E-state index contributed by atoms with van der Waals surface area (Å²) in [5, 5.41) is 4.88. The highest BCUT2D eigenvalue weighted by Crippen LogP contribution is 2.29. The number of carbonyl (C=O) groups is 1. The van der Waals surface area contributed by atoms with Crippen LogP contribution >= 0.6 is 23.2 Å². The molecule has 5 nitrogen and oxygen atoms in total. The molecule has 0 atom stereocenters. The number of benzene rings is 2. The van der Waals surface area contributed by atoms with Crippen LogP contribution in [-0.2, 0) is 11.2 Å². The molecule has 1 aromatic heterocycles. The zero-order chi connectivity index (χ0) is 20.4. The van der Waals surface area contributed by atoms with Crippen molar-refractivity contribution in [3.05, 3.63) is 64.3 Å². The van der Waals surface area contributed by atoms with Gasteiger partial charge in [-0.05, 0) is 42.9 Å². The number of pyridine rings is 1. The SMILES string of the molecule is CN1CCN(c2ccnc3ccc(NC(=O)Cc4cccc(Cl)c4Cl)cc23)CC1. The summed E-state index contributed by atoms with van der Waals surface area (Å²) in [6.07, 6.45) is 2.01. The van der Waals surface area contributed by atoms with E-state index in [0.29, 0.717) is 15.6 Å². The molecular weight excluding hydrogens is 407 g/mol. The van der Waals surface area contributed by atoms with E-state index in [2.05, 4.69) is 27.1 Å². The second kappa shape index (κ2) is 8.57. The van der Waals surface area contributed by atoms with E-state index in [1.54, 1.807) is 12.1 Å². The van der Waals surface area contributed by atoms with E-state index in [4.69, 9.17) is 23.2 Å². The van der Waals surface area contributed by atoms with Crippen LogP contribution in [0, 0.1) is 0 Å². The first-order valence-electron chi connectivity index (χ1n) is 9.56. The van der Waals surface area contributed by atoms with Crippen molar-refractivity contribution in [3.63, 3.8) is 0 Å². The minimum absolute atomic E-state index is 0.140. The van der Waals surface area contributed by atoms with Crippen LogP contribution in [0.2, 0.25) is 10.0 Å². The molecule has 1 fully saturated rings. The Hall–Kier alpha value is -2.34. The highest BCUT2D eigenvalue weighted by molar-refractivity contribution is 6.42. The highest BCUT2D eigenvalue weighted by atomic mass is 35.5. The standard InChI is InChI=1S/C22H22Cl2N4O/c1-27-9-11-28(12-10-27)20-7-8-25-19-6-5-16(14-17(19)20)26-21(29)13-15-3-2-4-18(23)22(15)24/h2-8,14H,9-13H2,1H3,(H,26,29). The molecule has 1 aliphatic heterocycles. The van der Waals surface area contributed by atoms with Gasteiger partial charge in [-0.1, -0.05) is 35.3 Å². The first-order valence-corrected chi connectivity index (χ1v) is 10.3. The van der Waals surface area contributed by atoms with E-state index in [-0.39, 0.29) is 12.3 Å². The number of hydrogen-bond donors (Lipinski definition) is 1. The highest BCUT2D eigenvalue weighted by Gasteiger charge is 2.17. The van der Waals surface area contributed by atoms with Crippen molar-refractivity contribution >= 4 is 51.4 Å². The molecule has 150 valence electrons. The molecular formula is C22H22Cl2N4O. The van der Waals surface area contributed by atoms with Crippen LogP contribution in [0.1, 0.15) is 5.56 Å². The van der Waals surface area contributed by atoms with Crippen LogP contribution in [0.15, 0.2) is 48.7 Å². The molecule has 1 aliphatic rings. The maximum absolute atomic E-state index is 12.6. The number of piperazine rings is 1. The summed E-state index contributed by atoms with van der Waals surface area (Å²) in [5.74, 6) is -0.140. The van der Waals surface area contributed by atoms with Gasteiger partial charge >= 0.3 is 0 Å². The molecule has 0 aliphatic carbocycles. The third kappa shape index (κ3) is 4.47. The van der Waals surface area contributed by atoms with Gasteiger partial charge in [0, 0.05) is 49.1 Å². The van der Waals surface area contributed by atoms with Crippen molar-refractivity contribution < 1.29 is 4.79 Å². The summed E-state index contributed by atoms with van der Waals surface area (Å²) in [6.45, 7) is 4.00. The second-order valence-electron chi connectivity index (χ2n) is 7.29. The van der Waals surface area contributed by atoms with Gasteiger partial charge in [0.25, 0.3) is 0 Å². The van der Waals surface area contributed by atoms with Gasteiger partial charge < -0.3 is 15.1 Å². The van der Waals surface area contributed by atoms with Crippen LogP contribution in [-0.4, -0.2) is 49.0 Å². The van der Waals surface area contributed by atoms with Gasteiger partial charge in [-0.25, -0.2) is 0 Å². The number of aromatic nitrogens is 1. The monoisotopic (exact) mass is 428 g/mol. The van der Waals surface area contributed by atoms with E-state index >= 15 is 0 Å². The average Bonchev–Trinajstić information content (AvgIpc) is 2.71. The molecule has 2 heterocycles. The number of nitrogens with zero attached hydrogens (tertiary/aromatic N) is 3. The third-order valence-electron chi connectivity index (χ3n) is 5.23. The lowest BCUT2D eigenvalue weighted by Gasteiger charge is -2.34. The zero-order valence-electron chi connectivity index (χ0n) is 16.2. The van der Waals surface area contributed by atoms with Gasteiger partial charge in [0.2, 0.25) is 5.91 Å². The molecule has 0 radical (unpaired) electrons. The summed E-state index contributed by atoms with van der Waals surface area (Å²) in [5.41, 5.74) is 3.51. The van der Waals surface area contributed by atoms with Gasteiger partial charge in [-0.2, -0.15) is 0 Å². The maximum Gasteiger partial charge on any atom is 0.228 e. The molecule has 0 unspecified atom stereocenters.